The summed E-state index contributed by atoms with van der Waals surface area (Å²) in [6.45, 7) is 2.15. The summed E-state index contributed by atoms with van der Waals surface area (Å²) in [5, 5.41) is 3.76. The normalized spacial score (nSPS) is 24.1. The van der Waals surface area contributed by atoms with E-state index in [0.29, 0.717) is 34.4 Å². The van der Waals surface area contributed by atoms with Crippen molar-refractivity contribution in [3.63, 3.8) is 0 Å². The number of hydrogen-bond donors (Lipinski definition) is 1. The lowest BCUT2D eigenvalue weighted by molar-refractivity contribution is -0.153. The van der Waals surface area contributed by atoms with Gasteiger partial charge >= 0.3 is 5.97 Å². The summed E-state index contributed by atoms with van der Waals surface area (Å²) in [6, 6.07) is 5.10. The Labute approximate surface area is 146 Å². The maximum Gasteiger partial charge on any atom is 0.331 e. The average Bonchev–Trinajstić information content (AvgIpc) is 2.52. The summed E-state index contributed by atoms with van der Waals surface area (Å²) in [5.41, 5.74) is -0.371. The molecule has 1 aliphatic carbocycles. The Hall–Kier alpha value is -1.26. The van der Waals surface area contributed by atoms with Gasteiger partial charge in [-0.15, -0.1) is 0 Å². The maximum absolute atomic E-state index is 12.5. The zero-order chi connectivity index (χ0) is 17.0. The van der Waals surface area contributed by atoms with Gasteiger partial charge in [-0.25, -0.2) is 4.79 Å². The van der Waals surface area contributed by atoms with Crippen molar-refractivity contribution >= 4 is 35.1 Å². The first-order valence-corrected chi connectivity index (χ1v) is 8.46. The van der Waals surface area contributed by atoms with Crippen LogP contribution < -0.4 is 5.32 Å². The Morgan fingerprint density at radius 2 is 1.83 bits per heavy atom. The SMILES string of the molecule is COC(=O)C1(NC(=O)Cc2c(Cl)cccc2Cl)CCC(C)CC1. The fraction of sp³-hybridized carbons (Fsp3) is 0.529. The zero-order valence-electron chi connectivity index (χ0n) is 13.3. The number of ether oxygens (including phenoxy) is 1. The van der Waals surface area contributed by atoms with Crippen LogP contribution in [0.3, 0.4) is 0 Å². The van der Waals surface area contributed by atoms with E-state index in [1.54, 1.807) is 18.2 Å². The second-order valence-electron chi connectivity index (χ2n) is 6.18. The molecule has 4 nitrogen and oxygen atoms in total. The van der Waals surface area contributed by atoms with E-state index in [4.69, 9.17) is 27.9 Å². The summed E-state index contributed by atoms with van der Waals surface area (Å²) < 4.78 is 4.92. The van der Waals surface area contributed by atoms with Gasteiger partial charge in [0.15, 0.2) is 0 Å². The molecule has 1 saturated carbocycles. The van der Waals surface area contributed by atoms with Gasteiger partial charge in [0.1, 0.15) is 5.54 Å². The Bertz CT molecular complexity index is 575. The topological polar surface area (TPSA) is 55.4 Å². The number of amides is 1. The predicted molar refractivity (Wildman–Crippen MR) is 90.7 cm³/mol. The molecule has 0 unspecified atom stereocenters. The fourth-order valence-corrected chi connectivity index (χ4v) is 3.53. The smallest absolute Gasteiger partial charge is 0.331 e. The van der Waals surface area contributed by atoms with E-state index >= 15 is 0 Å². The molecule has 126 valence electrons. The number of benzene rings is 1. The third kappa shape index (κ3) is 4.18. The number of carbonyl (C=O) groups excluding carboxylic acids is 2. The van der Waals surface area contributed by atoms with Crippen molar-refractivity contribution < 1.29 is 14.3 Å². The molecule has 2 rings (SSSR count). The monoisotopic (exact) mass is 357 g/mol. The molecule has 23 heavy (non-hydrogen) atoms. The molecule has 0 atom stereocenters. The number of rotatable bonds is 4. The van der Waals surface area contributed by atoms with Crippen molar-refractivity contribution in [2.75, 3.05) is 7.11 Å². The number of carbonyl (C=O) groups is 2. The van der Waals surface area contributed by atoms with E-state index in [0.717, 1.165) is 12.8 Å². The molecule has 0 aliphatic heterocycles. The second-order valence-corrected chi connectivity index (χ2v) is 7.00. The van der Waals surface area contributed by atoms with Crippen LogP contribution in [0.1, 0.15) is 38.2 Å². The van der Waals surface area contributed by atoms with Gasteiger partial charge < -0.3 is 10.1 Å². The van der Waals surface area contributed by atoms with Crippen LogP contribution in [0.4, 0.5) is 0 Å². The van der Waals surface area contributed by atoms with Crippen LogP contribution in [-0.2, 0) is 20.7 Å². The molecule has 1 aromatic rings. The van der Waals surface area contributed by atoms with Crippen molar-refractivity contribution in [2.45, 2.75) is 44.6 Å². The number of hydrogen-bond acceptors (Lipinski definition) is 3. The van der Waals surface area contributed by atoms with E-state index in [1.807, 2.05) is 0 Å². The van der Waals surface area contributed by atoms with Crippen LogP contribution in [-0.4, -0.2) is 24.5 Å². The van der Waals surface area contributed by atoms with E-state index in [9.17, 15) is 9.59 Å². The number of esters is 1. The van der Waals surface area contributed by atoms with Gasteiger partial charge in [0.25, 0.3) is 0 Å². The lowest BCUT2D eigenvalue weighted by Crippen LogP contribution is -2.57. The van der Waals surface area contributed by atoms with Crippen molar-refractivity contribution in [1.82, 2.24) is 5.32 Å². The highest BCUT2D eigenvalue weighted by Gasteiger charge is 2.43. The van der Waals surface area contributed by atoms with E-state index < -0.39 is 5.54 Å². The molecule has 0 saturated heterocycles. The van der Waals surface area contributed by atoms with Crippen LogP contribution in [0, 0.1) is 5.92 Å². The summed E-state index contributed by atoms with van der Waals surface area (Å²) in [6.07, 6.45) is 2.96. The fourth-order valence-electron chi connectivity index (χ4n) is 3.00. The van der Waals surface area contributed by atoms with E-state index in [2.05, 4.69) is 12.2 Å². The zero-order valence-corrected chi connectivity index (χ0v) is 14.8. The Morgan fingerprint density at radius 3 is 2.35 bits per heavy atom. The quantitative estimate of drug-likeness (QED) is 0.834. The molecule has 0 bridgehead atoms. The summed E-state index contributed by atoms with van der Waals surface area (Å²) >= 11 is 12.2. The van der Waals surface area contributed by atoms with Crippen molar-refractivity contribution in [2.24, 2.45) is 5.92 Å². The van der Waals surface area contributed by atoms with Gasteiger partial charge in [-0.1, -0.05) is 36.2 Å². The molecule has 1 N–H and O–H groups in total. The molecule has 0 spiro atoms. The van der Waals surface area contributed by atoms with Crippen molar-refractivity contribution in [3.8, 4) is 0 Å². The molecule has 1 aromatic carbocycles. The molecular weight excluding hydrogens is 337 g/mol. The molecule has 0 heterocycles. The Kier molecular flexibility index (Phi) is 5.93. The highest BCUT2D eigenvalue weighted by Crippen LogP contribution is 2.33. The van der Waals surface area contributed by atoms with Gasteiger partial charge in [0.2, 0.25) is 5.91 Å². The molecule has 1 fully saturated rings. The summed E-state index contributed by atoms with van der Waals surface area (Å²) in [5.74, 6) is -0.120. The highest BCUT2D eigenvalue weighted by atomic mass is 35.5. The van der Waals surface area contributed by atoms with Crippen LogP contribution in [0.25, 0.3) is 0 Å². The first kappa shape index (κ1) is 18.1. The van der Waals surface area contributed by atoms with Crippen LogP contribution in [0.15, 0.2) is 18.2 Å². The highest BCUT2D eigenvalue weighted by molar-refractivity contribution is 6.36. The molecule has 0 aromatic heterocycles. The van der Waals surface area contributed by atoms with Crippen molar-refractivity contribution in [1.29, 1.82) is 0 Å². The van der Waals surface area contributed by atoms with Gasteiger partial charge in [-0.3, -0.25) is 4.79 Å². The minimum Gasteiger partial charge on any atom is -0.467 e. The minimum atomic E-state index is -0.938. The molecule has 1 amide bonds. The van der Waals surface area contributed by atoms with Gasteiger partial charge in [-0.2, -0.15) is 0 Å². The summed E-state index contributed by atoms with van der Waals surface area (Å²) in [4.78, 5) is 24.7. The van der Waals surface area contributed by atoms with Gasteiger partial charge in [0.05, 0.1) is 13.5 Å². The third-order valence-corrected chi connectivity index (χ3v) is 5.19. The van der Waals surface area contributed by atoms with Gasteiger partial charge in [-0.05, 0) is 49.3 Å². The third-order valence-electron chi connectivity index (χ3n) is 4.48. The lowest BCUT2D eigenvalue weighted by Gasteiger charge is -2.37. The molecular formula is C17H21Cl2NO3. The van der Waals surface area contributed by atoms with Crippen LogP contribution >= 0.6 is 23.2 Å². The van der Waals surface area contributed by atoms with Gasteiger partial charge in [0, 0.05) is 10.0 Å². The number of methoxy groups -OCH3 is 1. The van der Waals surface area contributed by atoms with Crippen LogP contribution in [0.5, 0.6) is 0 Å². The minimum absolute atomic E-state index is 0.0345. The first-order valence-electron chi connectivity index (χ1n) is 7.70. The first-order chi connectivity index (χ1) is 10.9. The summed E-state index contributed by atoms with van der Waals surface area (Å²) in [7, 11) is 1.35. The predicted octanol–water partition coefficient (Wildman–Crippen LogP) is 3.77. The maximum atomic E-state index is 12.5. The van der Waals surface area contributed by atoms with Crippen LogP contribution in [0.2, 0.25) is 10.0 Å². The number of nitrogens with one attached hydrogen (secondary N) is 1. The molecule has 0 radical (unpaired) electrons. The molecule has 6 heteroatoms. The largest absolute Gasteiger partial charge is 0.467 e. The standard InChI is InChI=1S/C17H21Cl2NO3/c1-11-6-8-17(9-7-11,16(22)23-2)20-15(21)10-12-13(18)4-3-5-14(12)19/h3-5,11H,6-10H2,1-2H3,(H,20,21). The van der Waals surface area contributed by atoms with E-state index in [1.165, 1.54) is 7.11 Å². The number of halogens is 2. The van der Waals surface area contributed by atoms with E-state index in [-0.39, 0.29) is 18.3 Å². The Morgan fingerprint density at radius 1 is 1.26 bits per heavy atom. The second kappa shape index (κ2) is 7.54. The average molecular weight is 358 g/mol. The lowest BCUT2D eigenvalue weighted by atomic mass is 9.77. The Balaban J connectivity index is 2.14. The van der Waals surface area contributed by atoms with Crippen molar-refractivity contribution in [3.05, 3.63) is 33.8 Å². The molecule has 1 aliphatic rings.